The van der Waals surface area contributed by atoms with Crippen LogP contribution in [0, 0.1) is 0 Å². The van der Waals surface area contributed by atoms with Gasteiger partial charge in [-0.3, -0.25) is 4.79 Å². The lowest BCUT2D eigenvalue weighted by Crippen LogP contribution is -2.42. The Labute approximate surface area is 162 Å². The molecule has 1 aliphatic rings. The van der Waals surface area contributed by atoms with E-state index in [1.54, 1.807) is 0 Å². The van der Waals surface area contributed by atoms with Crippen LogP contribution >= 0.6 is 15.9 Å². The highest BCUT2D eigenvalue weighted by Crippen LogP contribution is 2.24. The maximum Gasteiger partial charge on any atom is 0.227 e. The Morgan fingerprint density at radius 1 is 1.31 bits per heavy atom. The Bertz CT molecular complexity index is 752. The molecule has 0 radical (unpaired) electrons. The van der Waals surface area contributed by atoms with Crippen LogP contribution in [-0.4, -0.2) is 40.6 Å². The summed E-state index contributed by atoms with van der Waals surface area (Å²) >= 11 is 3.44. The van der Waals surface area contributed by atoms with E-state index in [2.05, 4.69) is 26.1 Å². The van der Waals surface area contributed by atoms with E-state index in [1.807, 2.05) is 49.9 Å². The largest absolute Gasteiger partial charge is 0.370 e. The van der Waals surface area contributed by atoms with E-state index in [-0.39, 0.29) is 17.4 Å². The van der Waals surface area contributed by atoms with Gasteiger partial charge in [0, 0.05) is 29.3 Å². The number of morpholine rings is 1. The van der Waals surface area contributed by atoms with Gasteiger partial charge in [-0.1, -0.05) is 54.0 Å². The highest BCUT2D eigenvalue weighted by molar-refractivity contribution is 9.10. The molecule has 0 N–H and O–H groups in total. The van der Waals surface area contributed by atoms with Crippen molar-refractivity contribution in [2.45, 2.75) is 45.1 Å². The van der Waals surface area contributed by atoms with E-state index in [0.717, 1.165) is 10.0 Å². The Hall–Kier alpha value is -1.73. The number of ether oxygens (including phenoxy) is 1. The van der Waals surface area contributed by atoms with Crippen LogP contribution in [0.25, 0.3) is 0 Å². The summed E-state index contributed by atoms with van der Waals surface area (Å²) < 4.78 is 12.1. The van der Waals surface area contributed by atoms with Crippen LogP contribution in [0.1, 0.15) is 50.6 Å². The Kier molecular flexibility index (Phi) is 5.77. The van der Waals surface area contributed by atoms with Crippen LogP contribution in [0.4, 0.5) is 0 Å². The van der Waals surface area contributed by atoms with Crippen molar-refractivity contribution in [3.05, 3.63) is 46.0 Å². The van der Waals surface area contributed by atoms with Crippen molar-refractivity contribution in [3.63, 3.8) is 0 Å². The standard InChI is InChI=1S/C19H24BrN3O3/c1-19(2,3)18-21-16(26-22-18)8-9-17(24)23-10-11-25-15(12-23)13-4-6-14(20)7-5-13/h4-7,15H,8-12H2,1-3H3. The van der Waals surface area contributed by atoms with Crippen LogP contribution in [0.2, 0.25) is 0 Å². The molecule has 3 rings (SSSR count). The quantitative estimate of drug-likeness (QED) is 0.752. The molecule has 1 aromatic carbocycles. The number of rotatable bonds is 4. The summed E-state index contributed by atoms with van der Waals surface area (Å²) in [5.41, 5.74) is 0.922. The summed E-state index contributed by atoms with van der Waals surface area (Å²) in [5.74, 6) is 1.27. The fraction of sp³-hybridized carbons (Fsp3) is 0.526. The van der Waals surface area contributed by atoms with Crippen molar-refractivity contribution >= 4 is 21.8 Å². The second kappa shape index (κ2) is 7.88. The predicted octanol–water partition coefficient (Wildman–Crippen LogP) is 3.66. The maximum atomic E-state index is 12.6. The van der Waals surface area contributed by atoms with Gasteiger partial charge in [-0.15, -0.1) is 0 Å². The third kappa shape index (κ3) is 4.71. The summed E-state index contributed by atoms with van der Waals surface area (Å²) in [6.45, 7) is 7.82. The minimum atomic E-state index is -0.159. The van der Waals surface area contributed by atoms with Crippen LogP contribution in [0.5, 0.6) is 0 Å². The van der Waals surface area contributed by atoms with Crippen LogP contribution in [0.3, 0.4) is 0 Å². The molecule has 2 aromatic rings. The maximum absolute atomic E-state index is 12.6. The highest BCUT2D eigenvalue weighted by atomic mass is 79.9. The molecule has 6 nitrogen and oxygen atoms in total. The number of aromatic nitrogens is 2. The van der Waals surface area contributed by atoms with Crippen LogP contribution in [-0.2, 0) is 21.4 Å². The molecule has 1 unspecified atom stereocenters. The number of hydrogen-bond acceptors (Lipinski definition) is 5. The average Bonchev–Trinajstić information content (AvgIpc) is 3.10. The number of benzene rings is 1. The monoisotopic (exact) mass is 421 g/mol. The zero-order chi connectivity index (χ0) is 18.7. The molecule has 2 heterocycles. The first-order valence-electron chi connectivity index (χ1n) is 8.81. The number of hydrogen-bond donors (Lipinski definition) is 0. The van der Waals surface area contributed by atoms with Gasteiger partial charge in [0.05, 0.1) is 13.2 Å². The molecule has 1 amide bonds. The summed E-state index contributed by atoms with van der Waals surface area (Å²) in [5, 5.41) is 4.00. The van der Waals surface area contributed by atoms with E-state index >= 15 is 0 Å². The number of amides is 1. The first kappa shape index (κ1) is 19.0. The van der Waals surface area contributed by atoms with Crippen molar-refractivity contribution in [1.82, 2.24) is 15.0 Å². The van der Waals surface area contributed by atoms with Gasteiger partial charge in [-0.2, -0.15) is 4.98 Å². The van der Waals surface area contributed by atoms with Gasteiger partial charge in [-0.25, -0.2) is 0 Å². The Morgan fingerprint density at radius 2 is 2.04 bits per heavy atom. The van der Waals surface area contributed by atoms with Crippen LogP contribution in [0.15, 0.2) is 33.3 Å². The third-order valence-corrected chi connectivity index (χ3v) is 4.88. The van der Waals surface area contributed by atoms with Crippen molar-refractivity contribution in [3.8, 4) is 0 Å². The number of nitrogens with zero attached hydrogens (tertiary/aromatic N) is 3. The van der Waals surface area contributed by atoms with Gasteiger partial charge in [0.2, 0.25) is 11.8 Å². The topological polar surface area (TPSA) is 68.5 Å². The summed E-state index contributed by atoms with van der Waals surface area (Å²) in [4.78, 5) is 18.8. The van der Waals surface area contributed by atoms with Gasteiger partial charge in [0.1, 0.15) is 6.10 Å². The normalized spacial score (nSPS) is 18.2. The molecule has 7 heteroatoms. The van der Waals surface area contributed by atoms with E-state index in [4.69, 9.17) is 9.26 Å². The van der Waals surface area contributed by atoms with Crippen molar-refractivity contribution in [2.24, 2.45) is 0 Å². The van der Waals surface area contributed by atoms with E-state index in [0.29, 0.717) is 44.3 Å². The van der Waals surface area contributed by atoms with Gasteiger partial charge in [0.25, 0.3) is 0 Å². The van der Waals surface area contributed by atoms with Gasteiger partial charge < -0.3 is 14.2 Å². The summed E-state index contributed by atoms with van der Waals surface area (Å²) in [7, 11) is 0. The molecule has 0 bridgehead atoms. The fourth-order valence-corrected chi connectivity index (χ4v) is 3.05. The average molecular weight is 422 g/mol. The van der Waals surface area contributed by atoms with E-state index in [9.17, 15) is 4.79 Å². The highest BCUT2D eigenvalue weighted by Gasteiger charge is 2.26. The minimum absolute atomic E-state index is 0.0864. The number of carbonyl (C=O) groups excluding carboxylic acids is 1. The molecule has 0 spiro atoms. The van der Waals surface area contributed by atoms with E-state index in [1.165, 1.54) is 0 Å². The SMILES string of the molecule is CC(C)(C)c1noc(CCC(=O)N2CCOC(c3ccc(Br)cc3)C2)n1. The summed E-state index contributed by atoms with van der Waals surface area (Å²) in [6.07, 6.45) is 0.734. The number of aryl methyl sites for hydroxylation is 1. The second-order valence-corrected chi connectivity index (χ2v) is 8.43. The Morgan fingerprint density at radius 3 is 2.69 bits per heavy atom. The lowest BCUT2D eigenvalue weighted by molar-refractivity contribution is -0.139. The zero-order valence-corrected chi connectivity index (χ0v) is 17.0. The zero-order valence-electron chi connectivity index (χ0n) is 15.4. The van der Waals surface area contributed by atoms with Crippen molar-refractivity contribution in [2.75, 3.05) is 19.7 Å². The summed E-state index contributed by atoms with van der Waals surface area (Å²) in [6, 6.07) is 8.02. The smallest absolute Gasteiger partial charge is 0.227 e. The lowest BCUT2D eigenvalue weighted by Gasteiger charge is -2.33. The molecular weight excluding hydrogens is 398 g/mol. The van der Waals surface area contributed by atoms with Crippen LogP contribution < -0.4 is 0 Å². The molecule has 1 fully saturated rings. The molecule has 140 valence electrons. The fourth-order valence-electron chi connectivity index (χ4n) is 2.79. The minimum Gasteiger partial charge on any atom is -0.370 e. The molecule has 1 atom stereocenters. The van der Waals surface area contributed by atoms with Gasteiger partial charge in [-0.05, 0) is 17.7 Å². The molecule has 1 aromatic heterocycles. The second-order valence-electron chi connectivity index (χ2n) is 7.51. The molecular formula is C19H24BrN3O3. The van der Waals surface area contributed by atoms with Crippen molar-refractivity contribution < 1.29 is 14.1 Å². The molecule has 0 saturated carbocycles. The lowest BCUT2D eigenvalue weighted by atomic mass is 9.96. The third-order valence-electron chi connectivity index (χ3n) is 4.35. The molecule has 26 heavy (non-hydrogen) atoms. The van der Waals surface area contributed by atoms with Gasteiger partial charge >= 0.3 is 0 Å². The Balaban J connectivity index is 1.56. The molecule has 0 aliphatic carbocycles. The molecule has 1 aliphatic heterocycles. The first-order valence-corrected chi connectivity index (χ1v) is 9.60. The number of halogens is 1. The van der Waals surface area contributed by atoms with E-state index < -0.39 is 0 Å². The van der Waals surface area contributed by atoms with Gasteiger partial charge in [0.15, 0.2) is 5.82 Å². The first-order chi connectivity index (χ1) is 12.3. The molecule has 1 saturated heterocycles. The van der Waals surface area contributed by atoms with Crippen molar-refractivity contribution in [1.29, 1.82) is 0 Å². The predicted molar refractivity (Wildman–Crippen MR) is 101 cm³/mol. The number of carbonyl (C=O) groups is 1.